The summed E-state index contributed by atoms with van der Waals surface area (Å²) in [6.45, 7) is 3.98. The highest BCUT2D eigenvalue weighted by atomic mass is 16.5. The average Bonchev–Trinajstić information content (AvgIpc) is 3.06. The van der Waals surface area contributed by atoms with Crippen LogP contribution < -0.4 is 15.4 Å². The lowest BCUT2D eigenvalue weighted by Crippen LogP contribution is -2.23. The summed E-state index contributed by atoms with van der Waals surface area (Å²) in [5.41, 5.74) is 3.18. The number of hydrogen-bond donors (Lipinski definition) is 3. The number of hydrogen-bond acceptors (Lipinski definition) is 3. The Bertz CT molecular complexity index is 857. The van der Waals surface area contributed by atoms with Gasteiger partial charge in [0.1, 0.15) is 5.75 Å². The molecule has 0 spiro atoms. The van der Waals surface area contributed by atoms with Crippen molar-refractivity contribution in [3.05, 3.63) is 60.3 Å². The van der Waals surface area contributed by atoms with Crippen LogP contribution in [0.4, 0.5) is 5.69 Å². The molecule has 0 aliphatic heterocycles. The number of anilines is 1. The molecular weight excluding hydrogens is 326 g/mol. The summed E-state index contributed by atoms with van der Waals surface area (Å²) in [5, 5.41) is 7.52. The second-order valence-corrected chi connectivity index (χ2v) is 6.09. The number of aromatic nitrogens is 1. The molecule has 3 aromatic rings. The van der Waals surface area contributed by atoms with Gasteiger partial charge in [0.25, 0.3) is 0 Å². The van der Waals surface area contributed by atoms with E-state index in [9.17, 15) is 4.79 Å². The van der Waals surface area contributed by atoms with Gasteiger partial charge in [0.05, 0.1) is 12.3 Å². The van der Waals surface area contributed by atoms with Crippen LogP contribution >= 0.6 is 0 Å². The van der Waals surface area contributed by atoms with Gasteiger partial charge < -0.3 is 20.4 Å². The molecule has 3 rings (SSSR count). The van der Waals surface area contributed by atoms with E-state index < -0.39 is 0 Å². The van der Waals surface area contributed by atoms with Crippen molar-refractivity contribution >= 4 is 22.5 Å². The minimum atomic E-state index is -0.0169. The Labute approximate surface area is 153 Å². The van der Waals surface area contributed by atoms with Crippen LogP contribution in [0, 0.1) is 0 Å². The van der Waals surface area contributed by atoms with E-state index in [1.54, 1.807) is 0 Å². The molecule has 0 atom stereocenters. The Balaban J connectivity index is 1.40. The van der Waals surface area contributed by atoms with Crippen LogP contribution in [0.15, 0.2) is 54.7 Å². The normalized spacial score (nSPS) is 10.8. The molecule has 0 aliphatic carbocycles. The molecule has 136 valence electrons. The van der Waals surface area contributed by atoms with Crippen molar-refractivity contribution < 1.29 is 9.53 Å². The molecular formula is C21H25N3O2. The zero-order valence-corrected chi connectivity index (χ0v) is 15.0. The van der Waals surface area contributed by atoms with Gasteiger partial charge in [-0.05, 0) is 43.7 Å². The van der Waals surface area contributed by atoms with E-state index in [0.717, 1.165) is 24.2 Å². The van der Waals surface area contributed by atoms with Crippen molar-refractivity contribution in [3.63, 3.8) is 0 Å². The summed E-state index contributed by atoms with van der Waals surface area (Å²) in [6.07, 6.45) is 3.41. The molecule has 0 aliphatic rings. The molecule has 0 bridgehead atoms. The summed E-state index contributed by atoms with van der Waals surface area (Å²) >= 11 is 0. The van der Waals surface area contributed by atoms with Gasteiger partial charge in [-0.15, -0.1) is 0 Å². The second kappa shape index (κ2) is 9.06. The predicted molar refractivity (Wildman–Crippen MR) is 106 cm³/mol. The topological polar surface area (TPSA) is 66.2 Å². The van der Waals surface area contributed by atoms with Crippen LogP contribution in [0.25, 0.3) is 10.9 Å². The lowest BCUT2D eigenvalue weighted by atomic mass is 10.1. The largest absolute Gasteiger partial charge is 0.492 e. The summed E-state index contributed by atoms with van der Waals surface area (Å²) < 4.78 is 5.52. The minimum Gasteiger partial charge on any atom is -0.492 e. The predicted octanol–water partition coefficient (Wildman–Crippen LogP) is 3.73. The van der Waals surface area contributed by atoms with Gasteiger partial charge in [-0.1, -0.05) is 30.3 Å². The first-order chi connectivity index (χ1) is 12.8. The first-order valence-corrected chi connectivity index (χ1v) is 9.05. The first kappa shape index (κ1) is 18.0. The average molecular weight is 351 g/mol. The second-order valence-electron chi connectivity index (χ2n) is 6.09. The van der Waals surface area contributed by atoms with Crippen molar-refractivity contribution in [1.82, 2.24) is 10.3 Å². The molecule has 26 heavy (non-hydrogen) atoms. The molecule has 1 aromatic heterocycles. The maximum absolute atomic E-state index is 12.1. The maximum atomic E-state index is 12.1. The smallest absolute Gasteiger partial charge is 0.225 e. The molecule has 1 amide bonds. The highest BCUT2D eigenvalue weighted by Crippen LogP contribution is 2.23. The third kappa shape index (κ3) is 4.64. The number of ether oxygens (including phenoxy) is 1. The summed E-state index contributed by atoms with van der Waals surface area (Å²) in [7, 11) is 0. The molecule has 0 radical (unpaired) electrons. The lowest BCUT2D eigenvalue weighted by molar-refractivity contribution is -0.116. The fourth-order valence-corrected chi connectivity index (χ4v) is 2.95. The Morgan fingerprint density at radius 2 is 1.88 bits per heavy atom. The van der Waals surface area contributed by atoms with Crippen LogP contribution in [0.3, 0.4) is 0 Å². The third-order valence-electron chi connectivity index (χ3n) is 4.24. The highest BCUT2D eigenvalue weighted by Gasteiger charge is 2.07. The lowest BCUT2D eigenvalue weighted by Gasteiger charge is -2.11. The zero-order chi connectivity index (χ0) is 18.2. The maximum Gasteiger partial charge on any atom is 0.225 e. The fourth-order valence-electron chi connectivity index (χ4n) is 2.95. The van der Waals surface area contributed by atoms with E-state index in [0.29, 0.717) is 25.3 Å². The van der Waals surface area contributed by atoms with E-state index in [4.69, 9.17) is 4.74 Å². The summed E-state index contributed by atoms with van der Waals surface area (Å²) in [6, 6.07) is 15.8. The van der Waals surface area contributed by atoms with Crippen LogP contribution in [0.2, 0.25) is 0 Å². The van der Waals surface area contributed by atoms with Crippen LogP contribution in [0.1, 0.15) is 18.9 Å². The van der Waals surface area contributed by atoms with Crippen LogP contribution in [-0.2, 0) is 11.2 Å². The Morgan fingerprint density at radius 3 is 2.77 bits per heavy atom. The van der Waals surface area contributed by atoms with Gasteiger partial charge in [0, 0.05) is 30.1 Å². The number of benzene rings is 2. The number of nitrogens with one attached hydrogen (secondary N) is 3. The molecule has 5 nitrogen and oxygen atoms in total. The molecule has 0 fully saturated rings. The molecule has 0 saturated heterocycles. The van der Waals surface area contributed by atoms with Crippen molar-refractivity contribution in [2.45, 2.75) is 19.8 Å². The number of para-hydroxylation sites is 3. The van der Waals surface area contributed by atoms with Crippen molar-refractivity contribution in [2.24, 2.45) is 0 Å². The Hall–Kier alpha value is -2.79. The minimum absolute atomic E-state index is 0.0169. The fraction of sp³-hybridized carbons (Fsp3) is 0.286. The number of rotatable bonds is 9. The van der Waals surface area contributed by atoms with Gasteiger partial charge in [-0.2, -0.15) is 0 Å². The molecule has 1 heterocycles. The van der Waals surface area contributed by atoms with Crippen LogP contribution in [-0.4, -0.2) is 30.6 Å². The third-order valence-corrected chi connectivity index (χ3v) is 4.24. The number of carbonyl (C=O) groups excluding carboxylic acids is 1. The van der Waals surface area contributed by atoms with E-state index in [-0.39, 0.29) is 5.91 Å². The number of fused-ring (bicyclic) bond motifs is 1. The highest BCUT2D eigenvalue weighted by molar-refractivity contribution is 5.92. The van der Waals surface area contributed by atoms with E-state index in [2.05, 4.69) is 40.0 Å². The standard InChI is InChI=1S/C21H25N3O2/c1-2-26-20-10-6-5-9-19(20)24-21(25)12-14-22-13-11-16-15-23-18-8-4-3-7-17(16)18/h3-10,15,22-23H,2,11-14H2,1H3,(H,24,25). The number of H-pyrrole nitrogens is 1. The van der Waals surface area contributed by atoms with E-state index in [1.807, 2.05) is 37.3 Å². The molecule has 5 heteroatoms. The van der Waals surface area contributed by atoms with Crippen molar-refractivity contribution in [1.29, 1.82) is 0 Å². The number of amides is 1. The first-order valence-electron chi connectivity index (χ1n) is 9.05. The monoisotopic (exact) mass is 351 g/mol. The zero-order valence-electron chi connectivity index (χ0n) is 15.0. The number of carbonyl (C=O) groups is 1. The van der Waals surface area contributed by atoms with E-state index >= 15 is 0 Å². The van der Waals surface area contributed by atoms with Gasteiger partial charge in [-0.3, -0.25) is 4.79 Å². The quantitative estimate of drug-likeness (QED) is 0.515. The SMILES string of the molecule is CCOc1ccccc1NC(=O)CCNCCc1c[nH]c2ccccc12. The van der Waals surface area contributed by atoms with Gasteiger partial charge in [0.15, 0.2) is 0 Å². The van der Waals surface area contributed by atoms with Crippen LogP contribution in [0.5, 0.6) is 5.75 Å². The Kier molecular flexibility index (Phi) is 6.28. The van der Waals surface area contributed by atoms with Crippen molar-refractivity contribution in [3.8, 4) is 5.75 Å². The van der Waals surface area contributed by atoms with E-state index in [1.165, 1.54) is 10.9 Å². The molecule has 2 aromatic carbocycles. The van der Waals surface area contributed by atoms with Crippen molar-refractivity contribution in [2.75, 3.05) is 25.0 Å². The van der Waals surface area contributed by atoms with Gasteiger partial charge >= 0.3 is 0 Å². The summed E-state index contributed by atoms with van der Waals surface area (Å²) in [4.78, 5) is 15.4. The van der Waals surface area contributed by atoms with Gasteiger partial charge in [0.2, 0.25) is 5.91 Å². The Morgan fingerprint density at radius 1 is 1.08 bits per heavy atom. The molecule has 3 N–H and O–H groups in total. The molecule has 0 saturated carbocycles. The number of aromatic amines is 1. The van der Waals surface area contributed by atoms with Gasteiger partial charge in [-0.25, -0.2) is 0 Å². The summed E-state index contributed by atoms with van der Waals surface area (Å²) in [5.74, 6) is 0.687. The molecule has 0 unspecified atom stereocenters.